The summed E-state index contributed by atoms with van der Waals surface area (Å²) in [7, 11) is 1.77. The molecule has 0 saturated carbocycles. The molecule has 19 heavy (non-hydrogen) atoms. The van der Waals surface area contributed by atoms with E-state index in [1.165, 1.54) is 0 Å². The van der Waals surface area contributed by atoms with Gasteiger partial charge in [0, 0.05) is 19.3 Å². The number of nitrogens with zero attached hydrogens (tertiary/aromatic N) is 2. The molecule has 1 heterocycles. The fourth-order valence-corrected chi connectivity index (χ4v) is 1.49. The summed E-state index contributed by atoms with van der Waals surface area (Å²) in [5.74, 6) is 0.0377. The van der Waals surface area contributed by atoms with E-state index in [-0.39, 0.29) is 18.4 Å². The van der Waals surface area contributed by atoms with Gasteiger partial charge in [0.15, 0.2) is 0 Å². The first-order chi connectivity index (χ1) is 8.90. The maximum absolute atomic E-state index is 11.7. The molecule has 6 nitrogen and oxygen atoms in total. The number of hydrogen-bond donors (Lipinski definition) is 2. The van der Waals surface area contributed by atoms with Crippen LogP contribution in [0.15, 0.2) is 6.07 Å². The highest BCUT2D eigenvalue weighted by Crippen LogP contribution is 2.00. The molecular weight excluding hydrogens is 244 g/mol. The predicted molar refractivity (Wildman–Crippen MR) is 72.7 cm³/mol. The van der Waals surface area contributed by atoms with E-state index in [2.05, 4.69) is 29.6 Å². The first-order valence-electron chi connectivity index (χ1n) is 6.45. The summed E-state index contributed by atoms with van der Waals surface area (Å²) in [4.78, 5) is 23.2. The lowest BCUT2D eigenvalue weighted by Crippen LogP contribution is -2.37. The molecule has 0 aliphatic heterocycles. The molecule has 0 bridgehead atoms. The smallest absolute Gasteiger partial charge is 0.272 e. The van der Waals surface area contributed by atoms with Gasteiger partial charge in [-0.15, -0.1) is 0 Å². The van der Waals surface area contributed by atoms with E-state index < -0.39 is 0 Å². The molecule has 0 fully saturated rings. The number of aryl methyl sites for hydroxylation is 2. The average Bonchev–Trinajstić information content (AvgIpc) is 2.66. The minimum Gasteiger partial charge on any atom is -0.355 e. The zero-order valence-corrected chi connectivity index (χ0v) is 12.0. The van der Waals surface area contributed by atoms with Crippen LogP contribution in [0.3, 0.4) is 0 Å². The average molecular weight is 266 g/mol. The minimum absolute atomic E-state index is 0.0213. The largest absolute Gasteiger partial charge is 0.355 e. The highest BCUT2D eigenvalue weighted by atomic mass is 16.2. The molecule has 106 valence electrons. The first-order valence-corrected chi connectivity index (χ1v) is 6.45. The summed E-state index contributed by atoms with van der Waals surface area (Å²) in [6, 6.07) is 1.69. The quantitative estimate of drug-likeness (QED) is 0.792. The molecule has 2 N–H and O–H groups in total. The van der Waals surface area contributed by atoms with Crippen LogP contribution >= 0.6 is 0 Å². The van der Waals surface area contributed by atoms with E-state index in [1.54, 1.807) is 17.8 Å². The molecule has 0 radical (unpaired) electrons. The maximum atomic E-state index is 11.7. The van der Waals surface area contributed by atoms with Gasteiger partial charge in [0.05, 0.1) is 6.54 Å². The molecule has 0 atom stereocenters. The third-order valence-corrected chi connectivity index (χ3v) is 2.80. The molecule has 0 unspecified atom stereocenters. The van der Waals surface area contributed by atoms with Crippen LogP contribution in [0.1, 0.15) is 36.5 Å². The van der Waals surface area contributed by atoms with Crippen molar-refractivity contribution >= 4 is 11.8 Å². The van der Waals surface area contributed by atoms with Crippen molar-refractivity contribution < 1.29 is 9.59 Å². The van der Waals surface area contributed by atoms with Gasteiger partial charge < -0.3 is 10.6 Å². The highest BCUT2D eigenvalue weighted by molar-refractivity contribution is 5.94. The fourth-order valence-electron chi connectivity index (χ4n) is 1.49. The van der Waals surface area contributed by atoms with E-state index in [9.17, 15) is 9.59 Å². The molecule has 0 saturated heterocycles. The summed E-state index contributed by atoms with van der Waals surface area (Å²) in [5.41, 5.74) is 1.22. The van der Waals surface area contributed by atoms with Gasteiger partial charge in [-0.1, -0.05) is 13.8 Å². The Labute approximate surface area is 113 Å². The Kier molecular flexibility index (Phi) is 5.54. The normalized spacial score (nSPS) is 10.6. The molecule has 1 rings (SSSR count). The number of hydrogen-bond acceptors (Lipinski definition) is 3. The monoisotopic (exact) mass is 266 g/mol. The number of nitrogens with one attached hydrogen (secondary N) is 2. The maximum Gasteiger partial charge on any atom is 0.272 e. The van der Waals surface area contributed by atoms with Crippen molar-refractivity contribution in [3.63, 3.8) is 0 Å². The first kappa shape index (κ1) is 15.2. The number of aromatic nitrogens is 2. The SMILES string of the molecule is Cc1cc(C(=O)NCC(=O)NCCC(C)C)nn1C. The van der Waals surface area contributed by atoms with Crippen LogP contribution in [0.5, 0.6) is 0 Å². The Bertz CT molecular complexity index is 432. The molecule has 0 spiro atoms. The second-order valence-corrected chi connectivity index (χ2v) is 5.01. The molecular formula is C13H22N4O2. The molecule has 0 aromatic carbocycles. The van der Waals surface area contributed by atoms with Gasteiger partial charge in [-0.3, -0.25) is 14.3 Å². The standard InChI is InChI=1S/C13H22N4O2/c1-9(2)5-6-14-12(18)8-15-13(19)11-7-10(3)17(4)16-11/h7,9H,5-6,8H2,1-4H3,(H,14,18)(H,15,19). The van der Waals surface area contributed by atoms with Gasteiger partial charge in [-0.25, -0.2) is 0 Å². The Balaban J connectivity index is 2.32. The van der Waals surface area contributed by atoms with Crippen molar-refractivity contribution in [1.29, 1.82) is 0 Å². The Morgan fingerprint density at radius 1 is 1.37 bits per heavy atom. The van der Waals surface area contributed by atoms with Crippen LogP contribution in [-0.2, 0) is 11.8 Å². The van der Waals surface area contributed by atoms with Crippen molar-refractivity contribution in [1.82, 2.24) is 20.4 Å². The van der Waals surface area contributed by atoms with Crippen LogP contribution < -0.4 is 10.6 Å². The van der Waals surface area contributed by atoms with Crippen molar-refractivity contribution in [2.45, 2.75) is 27.2 Å². The molecule has 2 amide bonds. The van der Waals surface area contributed by atoms with E-state index in [1.807, 2.05) is 6.92 Å². The molecule has 6 heteroatoms. The summed E-state index contributed by atoms with van der Waals surface area (Å²) in [6.07, 6.45) is 0.930. The van der Waals surface area contributed by atoms with Crippen LogP contribution in [0.4, 0.5) is 0 Å². The highest BCUT2D eigenvalue weighted by Gasteiger charge is 2.11. The zero-order valence-electron chi connectivity index (χ0n) is 12.0. The second-order valence-electron chi connectivity index (χ2n) is 5.01. The summed E-state index contributed by atoms with van der Waals surface area (Å²) >= 11 is 0. The van der Waals surface area contributed by atoms with E-state index in [0.29, 0.717) is 18.2 Å². The topological polar surface area (TPSA) is 76.0 Å². The van der Waals surface area contributed by atoms with Gasteiger partial charge in [0.1, 0.15) is 5.69 Å². The molecule has 1 aromatic rings. The Hall–Kier alpha value is -1.85. The van der Waals surface area contributed by atoms with Crippen LogP contribution in [0.2, 0.25) is 0 Å². The lowest BCUT2D eigenvalue weighted by molar-refractivity contribution is -0.120. The molecule has 0 aliphatic carbocycles. The van der Waals surface area contributed by atoms with Crippen LogP contribution in [-0.4, -0.2) is 34.7 Å². The van der Waals surface area contributed by atoms with E-state index in [4.69, 9.17) is 0 Å². The Morgan fingerprint density at radius 3 is 2.58 bits per heavy atom. The van der Waals surface area contributed by atoms with Gasteiger partial charge >= 0.3 is 0 Å². The van der Waals surface area contributed by atoms with Gasteiger partial charge in [-0.05, 0) is 25.3 Å². The number of amides is 2. The van der Waals surface area contributed by atoms with Crippen molar-refractivity contribution in [2.75, 3.05) is 13.1 Å². The minimum atomic E-state index is -0.331. The third kappa shape index (κ3) is 5.11. The lowest BCUT2D eigenvalue weighted by atomic mass is 10.1. The van der Waals surface area contributed by atoms with Crippen molar-refractivity contribution in [3.05, 3.63) is 17.5 Å². The van der Waals surface area contributed by atoms with Crippen molar-refractivity contribution in [2.24, 2.45) is 13.0 Å². The lowest BCUT2D eigenvalue weighted by Gasteiger charge is -2.07. The van der Waals surface area contributed by atoms with Gasteiger partial charge in [0.2, 0.25) is 5.91 Å². The number of carbonyl (C=O) groups excluding carboxylic acids is 2. The van der Waals surface area contributed by atoms with Gasteiger partial charge in [-0.2, -0.15) is 5.10 Å². The Morgan fingerprint density at radius 2 is 2.05 bits per heavy atom. The summed E-state index contributed by atoms with van der Waals surface area (Å²) in [6.45, 7) is 6.67. The fraction of sp³-hybridized carbons (Fsp3) is 0.615. The third-order valence-electron chi connectivity index (χ3n) is 2.80. The molecule has 0 aliphatic rings. The second kappa shape index (κ2) is 6.92. The summed E-state index contributed by atoms with van der Waals surface area (Å²) < 4.78 is 1.62. The van der Waals surface area contributed by atoms with E-state index >= 15 is 0 Å². The predicted octanol–water partition coefficient (Wildman–Crippen LogP) is 0.621. The zero-order chi connectivity index (χ0) is 14.4. The van der Waals surface area contributed by atoms with Gasteiger partial charge in [0.25, 0.3) is 5.91 Å². The van der Waals surface area contributed by atoms with Crippen LogP contribution in [0, 0.1) is 12.8 Å². The number of rotatable bonds is 6. The number of carbonyl (C=O) groups is 2. The molecule has 1 aromatic heterocycles. The van der Waals surface area contributed by atoms with Crippen LogP contribution in [0.25, 0.3) is 0 Å². The summed E-state index contributed by atoms with van der Waals surface area (Å²) in [5, 5.41) is 9.36. The van der Waals surface area contributed by atoms with E-state index in [0.717, 1.165) is 12.1 Å². The van der Waals surface area contributed by atoms with Crippen molar-refractivity contribution in [3.8, 4) is 0 Å².